The highest BCUT2D eigenvalue weighted by atomic mass is 16.5. The second kappa shape index (κ2) is 7.04. The Morgan fingerprint density at radius 1 is 1.43 bits per heavy atom. The van der Waals surface area contributed by atoms with E-state index in [2.05, 4.69) is 10.3 Å². The number of ether oxygens (including phenoxy) is 1. The number of hydrogen-bond donors (Lipinski definition) is 2. The van der Waals surface area contributed by atoms with Crippen LogP contribution in [0.2, 0.25) is 0 Å². The molecule has 21 heavy (non-hydrogen) atoms. The highest BCUT2D eigenvalue weighted by molar-refractivity contribution is 5.98. The van der Waals surface area contributed by atoms with Crippen LogP contribution in [0, 0.1) is 0 Å². The van der Waals surface area contributed by atoms with Crippen molar-refractivity contribution in [3.8, 4) is 5.88 Å². The van der Waals surface area contributed by atoms with Crippen molar-refractivity contribution in [2.75, 3.05) is 13.7 Å². The van der Waals surface area contributed by atoms with E-state index in [1.165, 1.54) is 7.11 Å². The first kappa shape index (κ1) is 15.3. The van der Waals surface area contributed by atoms with Crippen molar-refractivity contribution in [2.45, 2.75) is 25.9 Å². The number of carbonyl (C=O) groups excluding carboxylic acids is 1. The van der Waals surface area contributed by atoms with Crippen molar-refractivity contribution in [2.24, 2.45) is 0 Å². The van der Waals surface area contributed by atoms with E-state index < -0.39 is 6.10 Å². The molecule has 0 aliphatic rings. The zero-order chi connectivity index (χ0) is 15.2. The SMILES string of the molecule is CCCC(O)CNC(=O)c1cc2ccccc2c(OC)n1. The van der Waals surface area contributed by atoms with Crippen molar-refractivity contribution in [3.05, 3.63) is 36.0 Å². The summed E-state index contributed by atoms with van der Waals surface area (Å²) in [5, 5.41) is 14.1. The third-order valence-corrected chi connectivity index (χ3v) is 3.25. The average Bonchev–Trinajstić information content (AvgIpc) is 2.51. The molecule has 0 aliphatic heterocycles. The van der Waals surface area contributed by atoms with Crippen LogP contribution < -0.4 is 10.1 Å². The molecule has 2 rings (SSSR count). The number of aliphatic hydroxyl groups is 1. The lowest BCUT2D eigenvalue weighted by Gasteiger charge is -2.11. The van der Waals surface area contributed by atoms with E-state index in [0.29, 0.717) is 12.3 Å². The van der Waals surface area contributed by atoms with E-state index in [0.717, 1.165) is 17.2 Å². The average molecular weight is 288 g/mol. The van der Waals surface area contributed by atoms with Crippen molar-refractivity contribution in [1.29, 1.82) is 0 Å². The van der Waals surface area contributed by atoms with Crippen molar-refractivity contribution in [3.63, 3.8) is 0 Å². The van der Waals surface area contributed by atoms with Gasteiger partial charge in [-0.2, -0.15) is 0 Å². The van der Waals surface area contributed by atoms with E-state index in [1.54, 1.807) is 6.07 Å². The van der Waals surface area contributed by atoms with Crippen LogP contribution in [0.25, 0.3) is 10.8 Å². The number of aromatic nitrogens is 1. The quantitative estimate of drug-likeness (QED) is 0.854. The predicted octanol–water partition coefficient (Wildman–Crippen LogP) is 2.13. The monoisotopic (exact) mass is 288 g/mol. The minimum absolute atomic E-state index is 0.226. The second-order valence-electron chi connectivity index (χ2n) is 4.89. The number of fused-ring (bicyclic) bond motifs is 1. The van der Waals surface area contributed by atoms with Crippen LogP contribution in [-0.2, 0) is 0 Å². The van der Waals surface area contributed by atoms with Gasteiger partial charge < -0.3 is 15.2 Å². The van der Waals surface area contributed by atoms with Crippen LogP contribution in [0.3, 0.4) is 0 Å². The zero-order valence-corrected chi connectivity index (χ0v) is 12.3. The first-order chi connectivity index (χ1) is 10.2. The van der Waals surface area contributed by atoms with Gasteiger partial charge in [0.25, 0.3) is 5.91 Å². The number of pyridine rings is 1. The minimum atomic E-state index is -0.527. The number of methoxy groups -OCH3 is 1. The second-order valence-corrected chi connectivity index (χ2v) is 4.89. The largest absolute Gasteiger partial charge is 0.481 e. The molecule has 1 unspecified atom stereocenters. The Bertz CT molecular complexity index is 628. The maximum Gasteiger partial charge on any atom is 0.270 e. The molecule has 0 bridgehead atoms. The first-order valence-corrected chi connectivity index (χ1v) is 7.05. The molecule has 1 amide bonds. The van der Waals surface area contributed by atoms with Gasteiger partial charge in [0.2, 0.25) is 5.88 Å². The van der Waals surface area contributed by atoms with Gasteiger partial charge >= 0.3 is 0 Å². The summed E-state index contributed by atoms with van der Waals surface area (Å²) < 4.78 is 5.24. The summed E-state index contributed by atoms with van der Waals surface area (Å²) in [6.45, 7) is 2.21. The van der Waals surface area contributed by atoms with Crippen molar-refractivity contribution in [1.82, 2.24) is 10.3 Å². The molecule has 0 fully saturated rings. The highest BCUT2D eigenvalue weighted by Gasteiger charge is 2.13. The molecule has 0 spiro atoms. The van der Waals surface area contributed by atoms with Gasteiger partial charge in [0, 0.05) is 11.9 Å². The molecule has 0 aliphatic carbocycles. The number of nitrogens with zero attached hydrogens (tertiary/aromatic N) is 1. The molecule has 0 saturated heterocycles. The van der Waals surface area contributed by atoms with Gasteiger partial charge in [0.1, 0.15) is 5.69 Å². The number of benzene rings is 1. The fourth-order valence-corrected chi connectivity index (χ4v) is 2.18. The molecular weight excluding hydrogens is 268 g/mol. The van der Waals surface area contributed by atoms with Crippen LogP contribution in [-0.4, -0.2) is 35.8 Å². The third-order valence-electron chi connectivity index (χ3n) is 3.25. The van der Waals surface area contributed by atoms with Gasteiger partial charge in [-0.15, -0.1) is 0 Å². The van der Waals surface area contributed by atoms with Gasteiger partial charge in [-0.1, -0.05) is 31.5 Å². The smallest absolute Gasteiger partial charge is 0.270 e. The maximum absolute atomic E-state index is 12.1. The fraction of sp³-hybridized carbons (Fsp3) is 0.375. The molecule has 0 saturated carbocycles. The fourth-order valence-electron chi connectivity index (χ4n) is 2.18. The lowest BCUT2D eigenvalue weighted by molar-refractivity contribution is 0.0904. The predicted molar refractivity (Wildman–Crippen MR) is 81.5 cm³/mol. The normalized spacial score (nSPS) is 12.1. The van der Waals surface area contributed by atoms with Crippen LogP contribution >= 0.6 is 0 Å². The Balaban J connectivity index is 2.19. The van der Waals surface area contributed by atoms with Gasteiger partial charge in [-0.3, -0.25) is 4.79 Å². The van der Waals surface area contributed by atoms with Crippen molar-refractivity contribution < 1.29 is 14.6 Å². The number of rotatable bonds is 6. The first-order valence-electron chi connectivity index (χ1n) is 7.05. The summed E-state index contributed by atoms with van der Waals surface area (Å²) in [7, 11) is 1.53. The number of aliphatic hydroxyl groups excluding tert-OH is 1. The topological polar surface area (TPSA) is 71.5 Å². The standard InChI is InChI=1S/C16H20N2O3/c1-3-6-12(19)10-17-15(20)14-9-11-7-4-5-8-13(11)16(18-14)21-2/h4-5,7-9,12,19H,3,6,10H2,1-2H3,(H,17,20). The Hall–Kier alpha value is -2.14. The van der Waals surface area contributed by atoms with Gasteiger partial charge in [0.15, 0.2) is 0 Å². The van der Waals surface area contributed by atoms with Crippen molar-refractivity contribution >= 4 is 16.7 Å². The Kier molecular flexibility index (Phi) is 5.11. The lowest BCUT2D eigenvalue weighted by Crippen LogP contribution is -2.32. The summed E-state index contributed by atoms with van der Waals surface area (Å²) in [5.74, 6) is 0.113. The molecule has 1 heterocycles. The summed E-state index contributed by atoms with van der Waals surface area (Å²) >= 11 is 0. The zero-order valence-electron chi connectivity index (χ0n) is 12.3. The van der Waals surface area contributed by atoms with Crippen LogP contribution in [0.1, 0.15) is 30.3 Å². The number of carbonyl (C=O) groups is 1. The van der Waals surface area contributed by atoms with Crippen LogP contribution in [0.5, 0.6) is 5.88 Å². The lowest BCUT2D eigenvalue weighted by atomic mass is 10.1. The minimum Gasteiger partial charge on any atom is -0.481 e. The van der Waals surface area contributed by atoms with Crippen LogP contribution in [0.4, 0.5) is 0 Å². The van der Waals surface area contributed by atoms with Gasteiger partial charge in [-0.05, 0) is 23.9 Å². The molecule has 1 aromatic heterocycles. The third kappa shape index (κ3) is 3.70. The molecular formula is C16H20N2O3. The Labute approximate surface area is 124 Å². The maximum atomic E-state index is 12.1. The van der Waals surface area contributed by atoms with E-state index in [9.17, 15) is 9.90 Å². The van der Waals surface area contributed by atoms with E-state index >= 15 is 0 Å². The number of amides is 1. The van der Waals surface area contributed by atoms with E-state index in [1.807, 2.05) is 31.2 Å². The molecule has 1 atom stereocenters. The summed E-state index contributed by atoms with van der Waals surface area (Å²) in [5.41, 5.74) is 0.286. The molecule has 2 aromatic rings. The van der Waals surface area contributed by atoms with Crippen LogP contribution in [0.15, 0.2) is 30.3 Å². The molecule has 0 radical (unpaired) electrons. The number of nitrogens with one attached hydrogen (secondary N) is 1. The molecule has 1 aromatic carbocycles. The van der Waals surface area contributed by atoms with E-state index in [4.69, 9.17) is 4.74 Å². The molecule has 5 heteroatoms. The number of hydrogen-bond acceptors (Lipinski definition) is 4. The summed E-state index contributed by atoms with van der Waals surface area (Å²) in [6, 6.07) is 9.32. The summed E-state index contributed by atoms with van der Waals surface area (Å²) in [6.07, 6.45) is 1.01. The van der Waals surface area contributed by atoms with Gasteiger partial charge in [-0.25, -0.2) is 4.98 Å². The van der Waals surface area contributed by atoms with E-state index in [-0.39, 0.29) is 18.1 Å². The molecule has 112 valence electrons. The molecule has 5 nitrogen and oxygen atoms in total. The Morgan fingerprint density at radius 2 is 2.19 bits per heavy atom. The Morgan fingerprint density at radius 3 is 2.90 bits per heavy atom. The van der Waals surface area contributed by atoms with Gasteiger partial charge in [0.05, 0.1) is 13.2 Å². The highest BCUT2D eigenvalue weighted by Crippen LogP contribution is 2.24. The molecule has 2 N–H and O–H groups in total. The summed E-state index contributed by atoms with van der Waals surface area (Å²) in [4.78, 5) is 16.4.